The van der Waals surface area contributed by atoms with Gasteiger partial charge in [0.2, 0.25) is 0 Å². The molecule has 19 heteroatoms. The van der Waals surface area contributed by atoms with E-state index in [1.807, 2.05) is 0 Å². The first-order chi connectivity index (χ1) is 25.3. The molecule has 0 aromatic rings. The Morgan fingerprint density at radius 2 is 0.704 bits per heavy atom. The van der Waals surface area contributed by atoms with Crippen LogP contribution >= 0.6 is 12.4 Å². The molecular formula is C35H70ClN3O15. The van der Waals surface area contributed by atoms with Crippen molar-refractivity contribution in [1.29, 1.82) is 0 Å². The van der Waals surface area contributed by atoms with Crippen LogP contribution in [0, 0.1) is 0 Å². The Labute approximate surface area is 328 Å². The maximum Gasteiger partial charge on any atom is 0.407 e. The largest absolute Gasteiger partial charge is 0.481 e. The van der Waals surface area contributed by atoms with Crippen LogP contribution in [0.4, 0.5) is 9.59 Å². The lowest BCUT2D eigenvalue weighted by molar-refractivity contribution is -0.138. The van der Waals surface area contributed by atoms with Crippen molar-refractivity contribution in [2.75, 3.05) is 152 Å². The monoisotopic (exact) mass is 807 g/mol. The summed E-state index contributed by atoms with van der Waals surface area (Å²) in [5.41, 5.74) is -1.08. The molecule has 0 saturated carbocycles. The summed E-state index contributed by atoms with van der Waals surface area (Å²) in [6.07, 6.45) is -0.970. The van der Waals surface area contributed by atoms with Crippen molar-refractivity contribution < 1.29 is 71.6 Å². The number of ether oxygens (including phenoxy) is 11. The van der Waals surface area contributed by atoms with Crippen molar-refractivity contribution in [2.24, 2.45) is 0 Å². The van der Waals surface area contributed by atoms with E-state index in [-0.39, 0.29) is 25.4 Å². The predicted octanol–water partition coefficient (Wildman–Crippen LogP) is 2.38. The number of rotatable bonds is 36. The zero-order chi connectivity index (χ0) is 39.5. The second kappa shape index (κ2) is 36.5. The van der Waals surface area contributed by atoms with Crippen molar-refractivity contribution >= 4 is 30.6 Å². The van der Waals surface area contributed by atoms with Crippen LogP contribution in [0.25, 0.3) is 0 Å². The lowest BCUT2D eigenvalue weighted by Crippen LogP contribution is -2.34. The van der Waals surface area contributed by atoms with Gasteiger partial charge < -0.3 is 67.8 Å². The molecule has 0 saturated heterocycles. The number of carboxylic acid groups (broad SMARTS) is 1. The zero-order valence-electron chi connectivity index (χ0n) is 33.5. The molecule has 54 heavy (non-hydrogen) atoms. The molecule has 0 atom stereocenters. The van der Waals surface area contributed by atoms with Crippen LogP contribution in [0.5, 0.6) is 0 Å². The number of hydrogen-bond acceptors (Lipinski definition) is 15. The first kappa shape index (κ1) is 54.0. The summed E-state index contributed by atoms with van der Waals surface area (Å²) in [5, 5.41) is 13.9. The van der Waals surface area contributed by atoms with Crippen molar-refractivity contribution in [3.8, 4) is 0 Å². The number of nitrogens with zero attached hydrogens (tertiary/aromatic N) is 1. The average molecular weight is 808 g/mol. The Balaban J connectivity index is 0. The summed E-state index contributed by atoms with van der Waals surface area (Å²) < 4.78 is 60.2. The second-order valence-electron chi connectivity index (χ2n) is 13.4. The zero-order valence-corrected chi connectivity index (χ0v) is 34.3. The van der Waals surface area contributed by atoms with E-state index in [0.717, 1.165) is 0 Å². The molecular weight excluding hydrogens is 738 g/mol. The van der Waals surface area contributed by atoms with Gasteiger partial charge in [0.1, 0.15) is 11.2 Å². The summed E-state index contributed by atoms with van der Waals surface area (Å²) in [6, 6.07) is 0. The fourth-order valence-electron chi connectivity index (χ4n) is 3.78. The van der Waals surface area contributed by atoms with Crippen LogP contribution in [0.2, 0.25) is 0 Å². The van der Waals surface area contributed by atoms with E-state index in [1.165, 1.54) is 0 Å². The third-order valence-corrected chi connectivity index (χ3v) is 6.18. The highest BCUT2D eigenvalue weighted by molar-refractivity contribution is 5.85. The molecule has 0 rings (SSSR count). The van der Waals surface area contributed by atoms with Crippen LogP contribution in [-0.2, 0) is 56.9 Å². The Morgan fingerprint density at radius 3 is 0.981 bits per heavy atom. The molecule has 0 unspecified atom stereocenters. The SMILES string of the molecule is CC(C)(C)OC(=O)NCCOCCOCCOCCN(CCOCCOCCOCCNC(=O)OC(C)(C)C)CCOCCOCCOCCC(=O)O.Cl. The summed E-state index contributed by atoms with van der Waals surface area (Å²) in [4.78, 5) is 35.9. The van der Waals surface area contributed by atoms with Crippen molar-refractivity contribution in [1.82, 2.24) is 15.5 Å². The second-order valence-corrected chi connectivity index (χ2v) is 13.4. The Morgan fingerprint density at radius 1 is 0.444 bits per heavy atom. The third-order valence-electron chi connectivity index (χ3n) is 6.18. The van der Waals surface area contributed by atoms with E-state index in [2.05, 4.69) is 15.5 Å². The number of nitrogens with one attached hydrogen (secondary N) is 2. The maximum absolute atomic E-state index is 11.6. The first-order valence-electron chi connectivity index (χ1n) is 18.4. The number of amides is 2. The Bertz CT molecular complexity index is 843. The molecule has 0 fully saturated rings. The minimum Gasteiger partial charge on any atom is -0.481 e. The van der Waals surface area contributed by atoms with Gasteiger partial charge in [-0.15, -0.1) is 12.4 Å². The van der Waals surface area contributed by atoms with E-state index < -0.39 is 29.4 Å². The van der Waals surface area contributed by atoms with E-state index in [9.17, 15) is 14.4 Å². The van der Waals surface area contributed by atoms with Gasteiger partial charge in [-0.3, -0.25) is 9.69 Å². The highest BCUT2D eigenvalue weighted by atomic mass is 35.5. The first-order valence-corrected chi connectivity index (χ1v) is 18.4. The van der Waals surface area contributed by atoms with Gasteiger partial charge in [-0.05, 0) is 41.5 Å². The van der Waals surface area contributed by atoms with Crippen LogP contribution in [0.15, 0.2) is 0 Å². The van der Waals surface area contributed by atoms with E-state index >= 15 is 0 Å². The molecule has 3 N–H and O–H groups in total. The number of halogens is 1. The molecule has 322 valence electrons. The Hall–Kier alpha value is -2.10. The lowest BCUT2D eigenvalue weighted by atomic mass is 10.2. The Kier molecular flexibility index (Phi) is 36.5. The summed E-state index contributed by atoms with van der Waals surface area (Å²) in [6.45, 7) is 21.0. The van der Waals surface area contributed by atoms with Gasteiger partial charge in [-0.2, -0.15) is 0 Å². The maximum atomic E-state index is 11.6. The number of carbonyl (C=O) groups is 3. The van der Waals surface area contributed by atoms with Crippen molar-refractivity contribution in [3.63, 3.8) is 0 Å². The molecule has 0 aromatic carbocycles. The predicted molar refractivity (Wildman–Crippen MR) is 202 cm³/mol. The van der Waals surface area contributed by atoms with Gasteiger partial charge in [0.15, 0.2) is 0 Å². The number of aliphatic carboxylic acids is 1. The lowest BCUT2D eigenvalue weighted by Gasteiger charge is -2.22. The molecule has 0 radical (unpaired) electrons. The molecule has 18 nitrogen and oxygen atoms in total. The average Bonchev–Trinajstić information content (AvgIpc) is 3.05. The topological polar surface area (TPSA) is 200 Å². The molecule has 0 aromatic heterocycles. The van der Waals surface area contributed by atoms with Crippen LogP contribution in [0.1, 0.15) is 48.0 Å². The van der Waals surface area contributed by atoms with Crippen molar-refractivity contribution in [2.45, 2.75) is 59.2 Å². The van der Waals surface area contributed by atoms with Crippen LogP contribution in [-0.4, -0.2) is 191 Å². The quantitative estimate of drug-likeness (QED) is 0.0779. The number of alkyl carbamates (subject to hydrolysis) is 2. The summed E-state index contributed by atoms with van der Waals surface area (Å²) in [7, 11) is 0. The highest BCUT2D eigenvalue weighted by Crippen LogP contribution is 2.07. The number of carbonyl (C=O) groups excluding carboxylic acids is 2. The van der Waals surface area contributed by atoms with Gasteiger partial charge in [0.05, 0.1) is 125 Å². The standard InChI is InChI=1S/C35H69N3O15.ClH/c1-34(2,3)52-32(41)36-8-14-44-20-26-50-29-23-47-17-11-38(10-16-46-22-28-49-25-19-43-13-7-31(39)40)12-18-48-24-30-51-27-21-45-15-9-37-33(42)53-35(4,5)6;/h7-30H2,1-6H3,(H,36,41)(H,37,42)(H,39,40);1H. The van der Waals surface area contributed by atoms with E-state index in [0.29, 0.717) is 145 Å². The van der Waals surface area contributed by atoms with Gasteiger partial charge in [0, 0.05) is 32.7 Å². The molecule has 0 spiro atoms. The molecule has 0 aliphatic heterocycles. The summed E-state index contributed by atoms with van der Waals surface area (Å²) >= 11 is 0. The fraction of sp³-hybridized carbons (Fsp3) is 0.914. The van der Waals surface area contributed by atoms with Crippen LogP contribution < -0.4 is 10.6 Å². The minimum atomic E-state index is -0.891. The van der Waals surface area contributed by atoms with Crippen LogP contribution in [0.3, 0.4) is 0 Å². The molecule has 0 heterocycles. The molecule has 0 aliphatic rings. The van der Waals surface area contributed by atoms with E-state index in [4.69, 9.17) is 57.2 Å². The minimum absolute atomic E-state index is 0. The molecule has 0 aliphatic carbocycles. The fourth-order valence-corrected chi connectivity index (χ4v) is 3.78. The van der Waals surface area contributed by atoms with Gasteiger partial charge in [-0.1, -0.05) is 0 Å². The molecule has 2 amide bonds. The van der Waals surface area contributed by atoms with E-state index in [1.54, 1.807) is 41.5 Å². The highest BCUT2D eigenvalue weighted by Gasteiger charge is 2.16. The normalized spacial score (nSPS) is 11.7. The van der Waals surface area contributed by atoms with Gasteiger partial charge in [-0.25, -0.2) is 9.59 Å². The number of carboxylic acids is 1. The van der Waals surface area contributed by atoms with Gasteiger partial charge in [0.25, 0.3) is 0 Å². The summed E-state index contributed by atoms with van der Waals surface area (Å²) in [5.74, 6) is -0.891. The smallest absolute Gasteiger partial charge is 0.407 e. The number of hydrogen-bond donors (Lipinski definition) is 3. The van der Waals surface area contributed by atoms with Crippen molar-refractivity contribution in [3.05, 3.63) is 0 Å². The third kappa shape index (κ3) is 44.3. The molecule has 0 bridgehead atoms. The van der Waals surface area contributed by atoms with Gasteiger partial charge >= 0.3 is 18.2 Å².